The molecule has 0 fully saturated rings. The highest BCUT2D eigenvalue weighted by Crippen LogP contribution is 2.13. The molecule has 0 saturated carbocycles. The molecule has 0 aliphatic carbocycles. The molecule has 0 amide bonds. The Labute approximate surface area is 80.0 Å². The molecule has 1 aromatic rings. The van der Waals surface area contributed by atoms with E-state index in [4.69, 9.17) is 16.2 Å². The maximum atomic E-state index is 9.44. The molecule has 0 saturated heterocycles. The van der Waals surface area contributed by atoms with E-state index >= 15 is 0 Å². The summed E-state index contributed by atoms with van der Waals surface area (Å²) in [5.41, 5.74) is 0. The first kappa shape index (κ1) is 11.6. The molecule has 1 rings (SSSR count). The summed E-state index contributed by atoms with van der Waals surface area (Å²) in [6.07, 6.45) is 0. The Bertz CT molecular complexity index is 303. The van der Waals surface area contributed by atoms with Gasteiger partial charge in [-0.3, -0.25) is 4.55 Å². The van der Waals surface area contributed by atoms with E-state index in [1.54, 1.807) is 11.3 Å². The molecule has 68 valence electrons. The van der Waals surface area contributed by atoms with Crippen molar-refractivity contribution in [3.8, 4) is 0 Å². The van der Waals surface area contributed by atoms with Crippen molar-refractivity contribution < 1.29 is 13.0 Å². The average Bonchev–Trinajstić information content (AvgIpc) is 2.39. The minimum atomic E-state index is -3.90. The van der Waals surface area contributed by atoms with E-state index < -0.39 is 10.1 Å². The summed E-state index contributed by atoms with van der Waals surface area (Å²) >= 11 is 7.02. The molecule has 0 atom stereocenters. The van der Waals surface area contributed by atoms with Gasteiger partial charge in [0.25, 0.3) is 10.1 Å². The number of hydrogen-bond donors (Lipinski definition) is 1. The summed E-state index contributed by atoms with van der Waals surface area (Å²) < 4.78 is 27.4. The lowest BCUT2D eigenvalue weighted by atomic mass is 10.7. The third kappa shape index (κ3) is 7.74. The van der Waals surface area contributed by atoms with Crippen LogP contribution in [0.2, 0.25) is 4.34 Å². The number of halogens is 1. The van der Waals surface area contributed by atoms with Gasteiger partial charge in [-0.25, -0.2) is 0 Å². The molecule has 6 heteroatoms. The fourth-order valence-corrected chi connectivity index (χ4v) is 0.930. The van der Waals surface area contributed by atoms with Gasteiger partial charge >= 0.3 is 0 Å². The average molecular weight is 227 g/mol. The minimum Gasteiger partial charge on any atom is -0.282 e. The normalized spacial score (nSPS) is 9.83. The monoisotopic (exact) mass is 226 g/mol. The lowest BCUT2D eigenvalue weighted by molar-refractivity contribution is 0.494. The summed E-state index contributed by atoms with van der Waals surface area (Å²) in [7, 11) is -3.90. The van der Waals surface area contributed by atoms with E-state index in [0.29, 0.717) is 5.41 Å². The fraction of sp³-hybridized carbons (Fsp3) is 0. The van der Waals surface area contributed by atoms with Crippen LogP contribution in [0.25, 0.3) is 0 Å². The SMILES string of the molecule is C=CS(=O)(=O)O.Clc1cccs1. The summed E-state index contributed by atoms with van der Waals surface area (Å²) in [6.45, 7) is 2.79. The molecule has 0 unspecified atom stereocenters. The molecule has 0 spiro atoms. The summed E-state index contributed by atoms with van der Waals surface area (Å²) in [6, 6.07) is 3.79. The molecule has 1 heterocycles. The lowest BCUT2D eigenvalue weighted by Gasteiger charge is -1.73. The predicted molar refractivity (Wildman–Crippen MR) is 51.1 cm³/mol. The second kappa shape index (κ2) is 5.31. The first-order chi connectivity index (χ1) is 5.45. The Kier molecular flexibility index (Phi) is 5.16. The molecule has 0 aliphatic rings. The Morgan fingerprint density at radius 1 is 1.67 bits per heavy atom. The molecule has 3 nitrogen and oxygen atoms in total. The van der Waals surface area contributed by atoms with Gasteiger partial charge in [-0.15, -0.1) is 11.3 Å². The van der Waals surface area contributed by atoms with Crippen LogP contribution in [0.15, 0.2) is 29.5 Å². The van der Waals surface area contributed by atoms with Crippen LogP contribution in [-0.4, -0.2) is 13.0 Å². The lowest BCUT2D eigenvalue weighted by Crippen LogP contribution is -1.86. The zero-order valence-corrected chi connectivity index (χ0v) is 8.36. The van der Waals surface area contributed by atoms with Crippen LogP contribution in [0.3, 0.4) is 0 Å². The number of rotatable bonds is 1. The Hall–Kier alpha value is -0.360. The van der Waals surface area contributed by atoms with E-state index in [9.17, 15) is 8.42 Å². The van der Waals surface area contributed by atoms with Crippen LogP contribution in [0.4, 0.5) is 0 Å². The van der Waals surface area contributed by atoms with Gasteiger partial charge in [0.2, 0.25) is 0 Å². The second-order valence-corrected chi connectivity index (χ2v) is 4.54. The predicted octanol–water partition coefficient (Wildman–Crippen LogP) is 2.42. The van der Waals surface area contributed by atoms with Crippen molar-refractivity contribution in [3.05, 3.63) is 33.8 Å². The minimum absolute atomic E-state index is 0.465. The van der Waals surface area contributed by atoms with Crippen molar-refractivity contribution in [2.75, 3.05) is 0 Å². The van der Waals surface area contributed by atoms with Crippen molar-refractivity contribution in [1.29, 1.82) is 0 Å². The van der Waals surface area contributed by atoms with Crippen molar-refractivity contribution >= 4 is 33.1 Å². The first-order valence-electron chi connectivity index (χ1n) is 2.74. The molecular weight excluding hydrogens is 220 g/mol. The highest BCUT2D eigenvalue weighted by atomic mass is 35.5. The van der Waals surface area contributed by atoms with Crippen LogP contribution in [-0.2, 0) is 10.1 Å². The van der Waals surface area contributed by atoms with Crippen LogP contribution in [0.1, 0.15) is 0 Å². The van der Waals surface area contributed by atoms with Crippen LogP contribution >= 0.6 is 22.9 Å². The van der Waals surface area contributed by atoms with Crippen LogP contribution in [0.5, 0.6) is 0 Å². The zero-order chi connectivity index (χ0) is 9.61. The van der Waals surface area contributed by atoms with Gasteiger partial charge in [0.05, 0.1) is 9.74 Å². The quantitative estimate of drug-likeness (QED) is 0.749. The molecule has 0 aliphatic heterocycles. The highest BCUT2D eigenvalue weighted by molar-refractivity contribution is 7.88. The Morgan fingerprint density at radius 3 is 2.25 bits per heavy atom. The summed E-state index contributed by atoms with van der Waals surface area (Å²) in [5, 5.41) is 2.41. The molecular formula is C6H7ClO3S2. The number of hydrogen-bond acceptors (Lipinski definition) is 3. The van der Waals surface area contributed by atoms with Gasteiger partial charge in [-0.1, -0.05) is 18.2 Å². The zero-order valence-electron chi connectivity index (χ0n) is 5.97. The van der Waals surface area contributed by atoms with Crippen molar-refractivity contribution in [2.45, 2.75) is 0 Å². The van der Waals surface area contributed by atoms with Crippen molar-refractivity contribution in [2.24, 2.45) is 0 Å². The summed E-state index contributed by atoms with van der Waals surface area (Å²) in [5.74, 6) is 0. The molecule has 0 aromatic carbocycles. The van der Waals surface area contributed by atoms with E-state index in [2.05, 4.69) is 6.58 Å². The van der Waals surface area contributed by atoms with Gasteiger partial charge in [-0.05, 0) is 17.5 Å². The molecule has 1 aromatic heterocycles. The van der Waals surface area contributed by atoms with Gasteiger partial charge < -0.3 is 0 Å². The fourth-order valence-electron chi connectivity index (χ4n) is 0.259. The third-order valence-electron chi connectivity index (χ3n) is 0.697. The number of thiophene rings is 1. The van der Waals surface area contributed by atoms with Gasteiger partial charge in [0.1, 0.15) is 0 Å². The van der Waals surface area contributed by atoms with Crippen molar-refractivity contribution in [1.82, 2.24) is 0 Å². The second-order valence-electron chi connectivity index (χ2n) is 1.60. The largest absolute Gasteiger partial charge is 0.287 e. The Morgan fingerprint density at radius 2 is 2.17 bits per heavy atom. The van der Waals surface area contributed by atoms with Crippen LogP contribution < -0.4 is 0 Å². The van der Waals surface area contributed by atoms with Crippen molar-refractivity contribution in [3.63, 3.8) is 0 Å². The first-order valence-corrected chi connectivity index (χ1v) is 5.50. The molecule has 0 radical (unpaired) electrons. The van der Waals surface area contributed by atoms with Gasteiger partial charge in [0, 0.05) is 0 Å². The third-order valence-corrected chi connectivity index (χ3v) is 2.17. The Balaban J connectivity index is 0.000000202. The van der Waals surface area contributed by atoms with Gasteiger partial charge in [-0.2, -0.15) is 8.42 Å². The van der Waals surface area contributed by atoms with Gasteiger partial charge in [0.15, 0.2) is 0 Å². The summed E-state index contributed by atoms with van der Waals surface area (Å²) in [4.78, 5) is 0. The maximum Gasteiger partial charge on any atom is 0.287 e. The van der Waals surface area contributed by atoms with Crippen LogP contribution in [0, 0.1) is 0 Å². The maximum absolute atomic E-state index is 9.44. The molecule has 1 N–H and O–H groups in total. The smallest absolute Gasteiger partial charge is 0.282 e. The van der Waals surface area contributed by atoms with E-state index in [1.807, 2.05) is 17.5 Å². The topological polar surface area (TPSA) is 54.4 Å². The van der Waals surface area contributed by atoms with E-state index in [-0.39, 0.29) is 0 Å². The highest BCUT2D eigenvalue weighted by Gasteiger charge is 1.87. The standard InChI is InChI=1S/C4H3ClS.C2H4O3S/c5-4-2-1-3-6-4;1-2-6(3,4)5/h1-3H;2H,1H2,(H,3,4,5). The van der Waals surface area contributed by atoms with E-state index in [1.165, 1.54) is 0 Å². The molecule has 12 heavy (non-hydrogen) atoms. The molecule has 0 bridgehead atoms. The van der Waals surface area contributed by atoms with E-state index in [0.717, 1.165) is 4.34 Å².